The van der Waals surface area contributed by atoms with Crippen LogP contribution in [0.4, 0.5) is 5.69 Å². The van der Waals surface area contributed by atoms with Gasteiger partial charge in [0.25, 0.3) is 5.91 Å². The predicted molar refractivity (Wildman–Crippen MR) is 117 cm³/mol. The van der Waals surface area contributed by atoms with E-state index in [2.05, 4.69) is 14.8 Å². The third-order valence-corrected chi connectivity index (χ3v) is 10.9. The number of sulfone groups is 2. The lowest BCUT2D eigenvalue weighted by molar-refractivity contribution is -0.142. The largest absolute Gasteiger partial charge is 0.468 e. The number of ether oxygens (including phenoxy) is 2. The first-order chi connectivity index (χ1) is 15.6. The van der Waals surface area contributed by atoms with Gasteiger partial charge in [0.2, 0.25) is 4.58 Å². The molecule has 1 aliphatic heterocycles. The van der Waals surface area contributed by atoms with E-state index < -0.39 is 58.5 Å². The molecule has 0 spiro atoms. The summed E-state index contributed by atoms with van der Waals surface area (Å²) in [6.07, 6.45) is 0. The third kappa shape index (κ3) is 4.35. The van der Waals surface area contributed by atoms with Gasteiger partial charge in [-0.15, -0.1) is 0 Å². The summed E-state index contributed by atoms with van der Waals surface area (Å²) in [4.78, 5) is 38.3. The molecule has 12 heteroatoms. The molecule has 33 heavy (non-hydrogen) atoms. The van der Waals surface area contributed by atoms with Gasteiger partial charge in [0.05, 0.1) is 14.2 Å². The molecule has 2 aromatic carbocycles. The van der Waals surface area contributed by atoms with Crippen LogP contribution >= 0.6 is 0 Å². The Labute approximate surface area is 190 Å². The minimum Gasteiger partial charge on any atom is -0.468 e. The summed E-state index contributed by atoms with van der Waals surface area (Å²) in [6, 6.07) is 14.9. The van der Waals surface area contributed by atoms with Crippen LogP contribution in [0.25, 0.3) is 0 Å². The summed E-state index contributed by atoms with van der Waals surface area (Å²) >= 11 is 0. The molecule has 0 unspecified atom stereocenters. The van der Waals surface area contributed by atoms with E-state index in [1.165, 1.54) is 36.4 Å². The number of carbonyl (C=O) groups is 3. The molecule has 2 atom stereocenters. The first-order valence-electron chi connectivity index (χ1n) is 9.59. The maximum atomic E-state index is 13.5. The van der Waals surface area contributed by atoms with E-state index in [9.17, 15) is 31.2 Å². The van der Waals surface area contributed by atoms with E-state index in [1.54, 1.807) is 24.3 Å². The number of esters is 2. The molecule has 0 aromatic heterocycles. The molecule has 176 valence electrons. The molecule has 0 saturated carbocycles. The summed E-state index contributed by atoms with van der Waals surface area (Å²) in [5.74, 6) is -5.72. The van der Waals surface area contributed by atoms with E-state index in [4.69, 9.17) is 0 Å². The number of hydrogen-bond acceptors (Lipinski definition) is 9. The van der Waals surface area contributed by atoms with Gasteiger partial charge >= 0.3 is 11.9 Å². The fraction of sp³-hybridized carbons (Fsp3) is 0.286. The molecule has 0 aliphatic carbocycles. The predicted octanol–water partition coefficient (Wildman–Crippen LogP) is 0.661. The fourth-order valence-electron chi connectivity index (χ4n) is 3.86. The highest BCUT2D eigenvalue weighted by atomic mass is 32.3. The topological polar surface area (TPSA) is 150 Å². The minimum atomic E-state index is -5.06. The zero-order chi connectivity index (χ0) is 24.4. The Bertz CT molecular complexity index is 1210. The zero-order valence-corrected chi connectivity index (χ0v) is 19.2. The van der Waals surface area contributed by atoms with E-state index in [-0.39, 0.29) is 11.3 Å². The lowest BCUT2D eigenvalue weighted by Gasteiger charge is -2.38. The Hall–Kier alpha value is -3.25. The molecular weight excluding hydrogens is 474 g/mol. The van der Waals surface area contributed by atoms with Crippen molar-refractivity contribution in [1.29, 1.82) is 0 Å². The maximum Gasteiger partial charge on any atom is 0.324 e. The number of carbonyl (C=O) groups excluding carboxylic acids is 3. The van der Waals surface area contributed by atoms with Gasteiger partial charge in [0, 0.05) is 11.6 Å². The molecule has 1 amide bonds. The molecule has 2 aromatic rings. The molecule has 0 bridgehead atoms. The molecule has 0 radical (unpaired) electrons. The average molecular weight is 496 g/mol. The van der Waals surface area contributed by atoms with Crippen molar-refractivity contribution >= 4 is 43.2 Å². The van der Waals surface area contributed by atoms with E-state index >= 15 is 0 Å². The van der Waals surface area contributed by atoms with E-state index in [0.717, 1.165) is 14.2 Å². The van der Waals surface area contributed by atoms with Crippen molar-refractivity contribution in [1.82, 2.24) is 0 Å². The molecule has 1 heterocycles. The monoisotopic (exact) mass is 495 g/mol. The lowest BCUT2D eigenvalue weighted by atomic mass is 9.91. The van der Waals surface area contributed by atoms with Gasteiger partial charge in [-0.2, -0.15) is 0 Å². The number of nitrogens with one attached hydrogen (secondary N) is 1. The summed E-state index contributed by atoms with van der Waals surface area (Å²) in [6.45, 7) is 0. The van der Waals surface area contributed by atoms with Crippen molar-refractivity contribution in [3.05, 3.63) is 66.2 Å². The standard InChI is InChI=1S/C21H21NO9S2/c1-30-19(24)16-15(13-9-5-3-6-10-13)17(20(25)31-2)33(28,29)21(32(16,26)27)18(23)22-14-11-7-4-8-12-14/h3-12,15-17,21H,1-2H3,(H,22,23)/t15?,16-,17-,21?/m1/s1. The van der Waals surface area contributed by atoms with Crippen LogP contribution in [0.5, 0.6) is 0 Å². The second kappa shape index (κ2) is 9.32. The van der Waals surface area contributed by atoms with E-state index in [0.29, 0.717) is 0 Å². The van der Waals surface area contributed by atoms with Crippen molar-refractivity contribution in [2.45, 2.75) is 21.0 Å². The van der Waals surface area contributed by atoms with Gasteiger partial charge in [0.15, 0.2) is 30.2 Å². The number of benzene rings is 2. The van der Waals surface area contributed by atoms with Gasteiger partial charge in [-0.05, 0) is 17.7 Å². The summed E-state index contributed by atoms with van der Waals surface area (Å²) in [5.41, 5.74) is 0.208. The lowest BCUT2D eigenvalue weighted by Crippen LogP contribution is -2.62. The number of anilines is 1. The third-order valence-electron chi connectivity index (χ3n) is 5.26. The number of amides is 1. The van der Waals surface area contributed by atoms with Crippen molar-refractivity contribution in [2.75, 3.05) is 19.5 Å². The fourth-order valence-corrected chi connectivity index (χ4v) is 9.60. The van der Waals surface area contributed by atoms with E-state index in [1.807, 2.05) is 0 Å². The van der Waals surface area contributed by atoms with Crippen LogP contribution in [-0.2, 0) is 43.5 Å². The van der Waals surface area contributed by atoms with Crippen LogP contribution in [0.2, 0.25) is 0 Å². The van der Waals surface area contributed by atoms with Crippen molar-refractivity contribution in [3.8, 4) is 0 Å². The molecule has 1 saturated heterocycles. The number of para-hydroxylation sites is 1. The maximum absolute atomic E-state index is 13.5. The first kappa shape index (κ1) is 24.4. The second-order valence-corrected chi connectivity index (χ2v) is 11.8. The van der Waals surface area contributed by atoms with Gasteiger partial charge in [0.1, 0.15) is 0 Å². The summed E-state index contributed by atoms with van der Waals surface area (Å²) in [7, 11) is -8.26. The Balaban J connectivity index is 2.26. The van der Waals surface area contributed by atoms with Gasteiger partial charge in [-0.3, -0.25) is 14.4 Å². The van der Waals surface area contributed by atoms with Crippen molar-refractivity contribution < 1.29 is 40.7 Å². The quantitative estimate of drug-likeness (QED) is 0.590. The molecule has 3 rings (SSSR count). The van der Waals surface area contributed by atoms with Crippen LogP contribution in [0.15, 0.2) is 60.7 Å². The molecule has 10 nitrogen and oxygen atoms in total. The zero-order valence-electron chi connectivity index (χ0n) is 17.6. The summed E-state index contributed by atoms with van der Waals surface area (Å²) in [5, 5.41) is -2.07. The van der Waals surface area contributed by atoms with Gasteiger partial charge in [-0.25, -0.2) is 16.8 Å². The highest BCUT2D eigenvalue weighted by molar-refractivity contribution is 8.12. The molecular formula is C21H21NO9S2. The average Bonchev–Trinajstić information content (AvgIpc) is 2.78. The molecule has 1 fully saturated rings. The summed E-state index contributed by atoms with van der Waals surface area (Å²) < 4.78 is 60.6. The first-order valence-corrected chi connectivity index (χ1v) is 12.8. The number of hydrogen-bond donors (Lipinski definition) is 1. The van der Waals surface area contributed by atoms with Gasteiger partial charge < -0.3 is 14.8 Å². The van der Waals surface area contributed by atoms with Crippen molar-refractivity contribution in [2.24, 2.45) is 0 Å². The minimum absolute atomic E-state index is 0.0809. The normalized spacial score (nSPS) is 25.4. The Morgan fingerprint density at radius 2 is 1.15 bits per heavy atom. The van der Waals surface area contributed by atoms with Crippen LogP contribution in [0.3, 0.4) is 0 Å². The van der Waals surface area contributed by atoms with Crippen molar-refractivity contribution in [3.63, 3.8) is 0 Å². The highest BCUT2D eigenvalue weighted by Crippen LogP contribution is 2.42. The SMILES string of the molecule is COC(=O)[C@H]1C(c2ccccc2)[C@H](C(=O)OC)S(=O)(=O)C(C(=O)Nc2ccccc2)S1(=O)=O. The van der Waals surface area contributed by atoms with Crippen LogP contribution < -0.4 is 5.32 Å². The number of methoxy groups -OCH3 is 2. The molecule has 1 N–H and O–H groups in total. The van der Waals surface area contributed by atoms with Crippen LogP contribution in [0.1, 0.15) is 11.5 Å². The van der Waals surface area contributed by atoms with Gasteiger partial charge in [-0.1, -0.05) is 48.5 Å². The Kier molecular flexibility index (Phi) is 6.89. The van der Waals surface area contributed by atoms with Crippen LogP contribution in [0, 0.1) is 0 Å². The Morgan fingerprint density at radius 1 is 0.727 bits per heavy atom. The number of rotatable bonds is 5. The smallest absolute Gasteiger partial charge is 0.324 e. The highest BCUT2D eigenvalue weighted by Gasteiger charge is 2.66. The van der Waals surface area contributed by atoms with Crippen LogP contribution in [-0.4, -0.2) is 64.0 Å². The Morgan fingerprint density at radius 3 is 1.58 bits per heavy atom. The second-order valence-electron chi connectivity index (χ2n) is 7.19. The molecule has 1 aliphatic rings.